The van der Waals surface area contributed by atoms with Crippen LogP contribution in [-0.4, -0.2) is 20.9 Å². The van der Waals surface area contributed by atoms with Gasteiger partial charge in [-0.3, -0.25) is 9.10 Å². The van der Waals surface area contributed by atoms with Crippen molar-refractivity contribution in [2.24, 2.45) is 0 Å². The minimum Gasteiger partial charge on any atom is -0.348 e. The van der Waals surface area contributed by atoms with Crippen molar-refractivity contribution in [2.75, 3.05) is 10.8 Å². The van der Waals surface area contributed by atoms with Crippen LogP contribution in [0.5, 0.6) is 0 Å². The summed E-state index contributed by atoms with van der Waals surface area (Å²) < 4.78 is 28.0. The average molecular weight is 437 g/mol. The van der Waals surface area contributed by atoms with E-state index in [1.807, 2.05) is 63.2 Å². The summed E-state index contributed by atoms with van der Waals surface area (Å²) in [6.07, 6.45) is 0.699. The molecule has 0 bridgehead atoms. The molecule has 31 heavy (non-hydrogen) atoms. The topological polar surface area (TPSA) is 66.5 Å². The van der Waals surface area contributed by atoms with Gasteiger partial charge in [0.05, 0.1) is 16.6 Å². The molecule has 0 unspecified atom stereocenters. The molecular weight excluding hydrogens is 408 g/mol. The zero-order valence-electron chi connectivity index (χ0n) is 18.1. The normalized spacial score (nSPS) is 12.2. The van der Waals surface area contributed by atoms with Crippen molar-refractivity contribution in [3.63, 3.8) is 0 Å². The third kappa shape index (κ3) is 5.52. The van der Waals surface area contributed by atoms with Gasteiger partial charge in [-0.05, 0) is 50.1 Å². The molecule has 0 aromatic heterocycles. The van der Waals surface area contributed by atoms with Crippen LogP contribution in [-0.2, 0) is 14.8 Å². The molecule has 0 aliphatic heterocycles. The van der Waals surface area contributed by atoms with Gasteiger partial charge in [0.2, 0.25) is 5.91 Å². The minimum atomic E-state index is -3.91. The summed E-state index contributed by atoms with van der Waals surface area (Å²) in [7, 11) is -3.91. The van der Waals surface area contributed by atoms with Crippen LogP contribution in [0.4, 0.5) is 5.69 Å². The van der Waals surface area contributed by atoms with Gasteiger partial charge in [0.1, 0.15) is 6.54 Å². The zero-order chi connectivity index (χ0) is 22.4. The number of nitrogens with zero attached hydrogens (tertiary/aromatic N) is 1. The van der Waals surface area contributed by atoms with E-state index in [2.05, 4.69) is 5.32 Å². The number of hydrogen-bond acceptors (Lipinski definition) is 3. The molecule has 0 fully saturated rings. The molecule has 0 spiro atoms. The van der Waals surface area contributed by atoms with Gasteiger partial charge in [0.15, 0.2) is 0 Å². The van der Waals surface area contributed by atoms with E-state index >= 15 is 0 Å². The SMILES string of the molecule is CC[C@@H](NC(=O)CN(c1ccc(C)cc1)S(=O)(=O)c1ccc(C)cc1)c1ccccc1. The maximum atomic E-state index is 13.4. The summed E-state index contributed by atoms with van der Waals surface area (Å²) in [5.74, 6) is -0.355. The first kappa shape index (κ1) is 22.6. The van der Waals surface area contributed by atoms with Crippen LogP contribution in [0.2, 0.25) is 0 Å². The fraction of sp³-hybridized carbons (Fsp3) is 0.240. The van der Waals surface area contributed by atoms with Gasteiger partial charge < -0.3 is 5.32 Å². The molecule has 162 valence electrons. The fourth-order valence-corrected chi connectivity index (χ4v) is 4.76. The average Bonchev–Trinajstić information content (AvgIpc) is 2.77. The second-order valence-corrected chi connectivity index (χ2v) is 9.46. The Labute approximate surface area is 184 Å². The summed E-state index contributed by atoms with van der Waals surface area (Å²) in [6, 6.07) is 23.3. The Morgan fingerprint density at radius 3 is 1.97 bits per heavy atom. The van der Waals surface area contributed by atoms with E-state index in [1.165, 1.54) is 4.31 Å². The summed E-state index contributed by atoms with van der Waals surface area (Å²) in [5, 5.41) is 2.98. The lowest BCUT2D eigenvalue weighted by atomic mass is 10.0. The van der Waals surface area contributed by atoms with E-state index in [0.717, 1.165) is 16.7 Å². The maximum Gasteiger partial charge on any atom is 0.264 e. The van der Waals surface area contributed by atoms with E-state index in [9.17, 15) is 13.2 Å². The second kappa shape index (κ2) is 9.79. The van der Waals surface area contributed by atoms with Crippen LogP contribution >= 0.6 is 0 Å². The van der Waals surface area contributed by atoms with Crippen molar-refractivity contribution >= 4 is 21.6 Å². The van der Waals surface area contributed by atoms with Gasteiger partial charge in [-0.2, -0.15) is 0 Å². The molecule has 1 atom stereocenters. The Bertz CT molecular complexity index is 1110. The molecule has 3 aromatic carbocycles. The van der Waals surface area contributed by atoms with Crippen LogP contribution in [0.15, 0.2) is 83.8 Å². The highest BCUT2D eigenvalue weighted by Gasteiger charge is 2.28. The van der Waals surface area contributed by atoms with Crippen LogP contribution < -0.4 is 9.62 Å². The smallest absolute Gasteiger partial charge is 0.264 e. The lowest BCUT2D eigenvalue weighted by molar-refractivity contribution is -0.120. The van der Waals surface area contributed by atoms with Crippen molar-refractivity contribution in [1.82, 2.24) is 5.32 Å². The van der Waals surface area contributed by atoms with Crippen molar-refractivity contribution in [2.45, 2.75) is 38.1 Å². The first-order valence-corrected chi connectivity index (χ1v) is 11.8. The number of nitrogens with one attached hydrogen (secondary N) is 1. The predicted molar refractivity (Wildman–Crippen MR) is 125 cm³/mol. The number of benzene rings is 3. The van der Waals surface area contributed by atoms with E-state index in [-0.39, 0.29) is 23.4 Å². The van der Waals surface area contributed by atoms with Gasteiger partial charge in [0.25, 0.3) is 10.0 Å². The third-order valence-electron chi connectivity index (χ3n) is 5.16. The Kier molecular flexibility index (Phi) is 7.13. The lowest BCUT2D eigenvalue weighted by Crippen LogP contribution is -2.42. The first-order valence-electron chi connectivity index (χ1n) is 10.3. The second-order valence-electron chi connectivity index (χ2n) is 7.60. The molecule has 3 aromatic rings. The van der Waals surface area contributed by atoms with Gasteiger partial charge in [-0.15, -0.1) is 0 Å². The van der Waals surface area contributed by atoms with E-state index in [0.29, 0.717) is 12.1 Å². The number of aryl methyl sites for hydroxylation is 2. The van der Waals surface area contributed by atoms with Crippen LogP contribution in [0.3, 0.4) is 0 Å². The molecule has 5 nitrogen and oxygen atoms in total. The highest BCUT2D eigenvalue weighted by atomic mass is 32.2. The van der Waals surface area contributed by atoms with Crippen molar-refractivity contribution in [1.29, 1.82) is 0 Å². The van der Waals surface area contributed by atoms with Gasteiger partial charge in [-0.1, -0.05) is 72.6 Å². The lowest BCUT2D eigenvalue weighted by Gasteiger charge is -2.26. The van der Waals surface area contributed by atoms with Crippen LogP contribution in [0.1, 0.15) is 36.1 Å². The molecule has 0 saturated heterocycles. The van der Waals surface area contributed by atoms with Crippen molar-refractivity contribution < 1.29 is 13.2 Å². The Balaban J connectivity index is 1.90. The molecule has 3 rings (SSSR count). The largest absolute Gasteiger partial charge is 0.348 e. The quantitative estimate of drug-likeness (QED) is 0.553. The standard InChI is InChI=1S/C25H28N2O3S/c1-4-24(21-8-6-5-7-9-21)26-25(28)18-27(22-14-10-19(2)11-15-22)31(29,30)23-16-12-20(3)13-17-23/h5-17,24H,4,18H2,1-3H3,(H,26,28)/t24-/m1/s1. The minimum absolute atomic E-state index is 0.154. The van der Waals surface area contributed by atoms with Crippen molar-refractivity contribution in [3.05, 3.63) is 95.6 Å². The number of hydrogen-bond donors (Lipinski definition) is 1. The molecule has 1 N–H and O–H groups in total. The maximum absolute atomic E-state index is 13.4. The predicted octanol–water partition coefficient (Wildman–Crippen LogP) is 4.77. The van der Waals surface area contributed by atoms with E-state index in [1.54, 1.807) is 36.4 Å². The highest BCUT2D eigenvalue weighted by molar-refractivity contribution is 7.92. The highest BCUT2D eigenvalue weighted by Crippen LogP contribution is 2.25. The Morgan fingerprint density at radius 1 is 0.871 bits per heavy atom. The van der Waals surface area contributed by atoms with Crippen LogP contribution in [0.25, 0.3) is 0 Å². The molecule has 0 aliphatic carbocycles. The van der Waals surface area contributed by atoms with Gasteiger partial charge in [0, 0.05) is 0 Å². The molecule has 0 heterocycles. The summed E-state index contributed by atoms with van der Waals surface area (Å²) >= 11 is 0. The monoisotopic (exact) mass is 436 g/mol. The Morgan fingerprint density at radius 2 is 1.42 bits per heavy atom. The van der Waals surface area contributed by atoms with E-state index < -0.39 is 10.0 Å². The number of amides is 1. The van der Waals surface area contributed by atoms with Crippen LogP contribution in [0, 0.1) is 13.8 Å². The molecule has 1 amide bonds. The zero-order valence-corrected chi connectivity index (χ0v) is 18.9. The Hall–Kier alpha value is -3.12. The summed E-state index contributed by atoms with van der Waals surface area (Å²) in [6.45, 7) is 5.51. The number of sulfonamides is 1. The molecule has 6 heteroatoms. The van der Waals surface area contributed by atoms with Gasteiger partial charge >= 0.3 is 0 Å². The third-order valence-corrected chi connectivity index (χ3v) is 6.95. The fourth-order valence-electron chi connectivity index (χ4n) is 3.34. The summed E-state index contributed by atoms with van der Waals surface area (Å²) in [5.41, 5.74) is 3.42. The summed E-state index contributed by atoms with van der Waals surface area (Å²) in [4.78, 5) is 13.1. The molecule has 0 saturated carbocycles. The molecule has 0 aliphatic rings. The number of rotatable bonds is 8. The number of carbonyl (C=O) groups excluding carboxylic acids is 1. The van der Waals surface area contributed by atoms with E-state index in [4.69, 9.17) is 0 Å². The van der Waals surface area contributed by atoms with Gasteiger partial charge in [-0.25, -0.2) is 8.42 Å². The molecule has 0 radical (unpaired) electrons. The first-order chi connectivity index (χ1) is 14.8. The van der Waals surface area contributed by atoms with Crippen molar-refractivity contribution in [3.8, 4) is 0 Å². The molecular formula is C25H28N2O3S. The number of anilines is 1. The number of carbonyl (C=O) groups is 1.